The predicted molar refractivity (Wildman–Crippen MR) is 76.4 cm³/mol. The third-order valence-corrected chi connectivity index (χ3v) is 2.56. The number of benzene rings is 2. The lowest BCUT2D eigenvalue weighted by Crippen LogP contribution is -2.07. The number of nitrogens with one attached hydrogen (secondary N) is 1. The van der Waals surface area contributed by atoms with E-state index in [4.69, 9.17) is 10.5 Å². The third kappa shape index (κ3) is 3.48. The molecular weight excluding hydrogens is 240 g/mol. The molecular formula is C15H16N2O2. The molecule has 0 aliphatic heterocycles. The fraction of sp³-hybridized carbons (Fsp3) is 0.133. The molecule has 2 rings (SSSR count). The Morgan fingerprint density at radius 3 is 2.53 bits per heavy atom. The molecule has 0 heterocycles. The quantitative estimate of drug-likeness (QED) is 0.828. The van der Waals surface area contributed by atoms with Crippen LogP contribution in [0.25, 0.3) is 0 Å². The summed E-state index contributed by atoms with van der Waals surface area (Å²) >= 11 is 0. The molecule has 2 aromatic carbocycles. The van der Waals surface area contributed by atoms with Crippen LogP contribution in [0.2, 0.25) is 0 Å². The van der Waals surface area contributed by atoms with Crippen molar-refractivity contribution in [3.05, 3.63) is 48.0 Å². The first kappa shape index (κ1) is 13.0. The summed E-state index contributed by atoms with van der Waals surface area (Å²) in [5, 5.41) is 2.65. The number of anilines is 2. The number of rotatable bonds is 3. The first-order valence-corrected chi connectivity index (χ1v) is 5.96. The minimum Gasteiger partial charge on any atom is -0.457 e. The highest BCUT2D eigenvalue weighted by atomic mass is 16.5. The second-order valence-electron chi connectivity index (χ2n) is 4.35. The number of hydrogen-bond acceptors (Lipinski definition) is 3. The highest BCUT2D eigenvalue weighted by Crippen LogP contribution is 2.28. The predicted octanol–water partition coefficient (Wildman–Crippen LogP) is 3.33. The van der Waals surface area contributed by atoms with Crippen molar-refractivity contribution in [1.29, 1.82) is 0 Å². The number of nitrogen functional groups attached to an aromatic ring is 1. The molecule has 4 nitrogen and oxygen atoms in total. The SMILES string of the molecule is CC(=O)Nc1ccc(Oc2cccc(C)c2)cc1N. The second-order valence-corrected chi connectivity index (χ2v) is 4.35. The van der Waals surface area contributed by atoms with Gasteiger partial charge in [-0.05, 0) is 36.8 Å². The Balaban J connectivity index is 2.18. The van der Waals surface area contributed by atoms with E-state index in [-0.39, 0.29) is 5.91 Å². The Labute approximate surface area is 112 Å². The van der Waals surface area contributed by atoms with Crippen LogP contribution in [0.3, 0.4) is 0 Å². The molecule has 0 fully saturated rings. The van der Waals surface area contributed by atoms with E-state index in [2.05, 4.69) is 5.32 Å². The molecule has 0 unspecified atom stereocenters. The van der Waals surface area contributed by atoms with E-state index in [1.165, 1.54) is 6.92 Å². The summed E-state index contributed by atoms with van der Waals surface area (Å²) in [4.78, 5) is 11.0. The molecule has 0 aliphatic rings. The smallest absolute Gasteiger partial charge is 0.221 e. The summed E-state index contributed by atoms with van der Waals surface area (Å²) in [5.41, 5.74) is 8.04. The Kier molecular flexibility index (Phi) is 3.71. The van der Waals surface area contributed by atoms with E-state index < -0.39 is 0 Å². The zero-order chi connectivity index (χ0) is 13.8. The molecule has 0 radical (unpaired) electrons. The maximum Gasteiger partial charge on any atom is 0.221 e. The number of amides is 1. The van der Waals surface area contributed by atoms with Gasteiger partial charge < -0.3 is 15.8 Å². The molecule has 19 heavy (non-hydrogen) atoms. The Hall–Kier alpha value is -2.49. The molecule has 0 atom stereocenters. The maximum atomic E-state index is 11.0. The maximum absolute atomic E-state index is 11.0. The Morgan fingerprint density at radius 1 is 1.16 bits per heavy atom. The first-order valence-electron chi connectivity index (χ1n) is 5.96. The van der Waals surface area contributed by atoms with Crippen molar-refractivity contribution >= 4 is 17.3 Å². The minimum atomic E-state index is -0.154. The van der Waals surface area contributed by atoms with Crippen molar-refractivity contribution < 1.29 is 9.53 Å². The molecule has 0 aromatic heterocycles. The molecule has 0 aliphatic carbocycles. The van der Waals surface area contributed by atoms with Gasteiger partial charge in [0, 0.05) is 13.0 Å². The zero-order valence-electron chi connectivity index (χ0n) is 10.9. The van der Waals surface area contributed by atoms with E-state index >= 15 is 0 Å². The van der Waals surface area contributed by atoms with Gasteiger partial charge in [0.15, 0.2) is 0 Å². The van der Waals surface area contributed by atoms with Gasteiger partial charge in [0.2, 0.25) is 5.91 Å². The van der Waals surface area contributed by atoms with Gasteiger partial charge in [-0.2, -0.15) is 0 Å². The molecule has 0 spiro atoms. The van der Waals surface area contributed by atoms with Crippen LogP contribution in [0.5, 0.6) is 11.5 Å². The van der Waals surface area contributed by atoms with Crippen molar-refractivity contribution in [3.63, 3.8) is 0 Å². The zero-order valence-corrected chi connectivity index (χ0v) is 10.9. The summed E-state index contributed by atoms with van der Waals surface area (Å²) in [6.45, 7) is 3.44. The van der Waals surface area contributed by atoms with Crippen LogP contribution < -0.4 is 15.8 Å². The Morgan fingerprint density at radius 2 is 1.89 bits per heavy atom. The average Bonchev–Trinajstić information content (AvgIpc) is 2.32. The van der Waals surface area contributed by atoms with E-state index in [0.717, 1.165) is 11.3 Å². The van der Waals surface area contributed by atoms with Gasteiger partial charge in [0.1, 0.15) is 11.5 Å². The van der Waals surface area contributed by atoms with Crippen molar-refractivity contribution in [3.8, 4) is 11.5 Å². The van der Waals surface area contributed by atoms with Gasteiger partial charge in [0.25, 0.3) is 0 Å². The van der Waals surface area contributed by atoms with Gasteiger partial charge in [-0.25, -0.2) is 0 Å². The lowest BCUT2D eigenvalue weighted by Gasteiger charge is -2.10. The van der Waals surface area contributed by atoms with Gasteiger partial charge in [-0.15, -0.1) is 0 Å². The summed E-state index contributed by atoms with van der Waals surface area (Å²) < 4.78 is 5.71. The third-order valence-electron chi connectivity index (χ3n) is 2.56. The summed E-state index contributed by atoms with van der Waals surface area (Å²) in [7, 11) is 0. The summed E-state index contributed by atoms with van der Waals surface area (Å²) in [5.74, 6) is 1.24. The number of aryl methyl sites for hydroxylation is 1. The van der Waals surface area contributed by atoms with E-state index in [1.807, 2.05) is 31.2 Å². The number of carbonyl (C=O) groups is 1. The van der Waals surface area contributed by atoms with Crippen LogP contribution in [-0.2, 0) is 4.79 Å². The normalized spacial score (nSPS) is 10.0. The van der Waals surface area contributed by atoms with E-state index in [1.54, 1.807) is 18.2 Å². The van der Waals surface area contributed by atoms with E-state index in [0.29, 0.717) is 17.1 Å². The Bertz CT molecular complexity index is 609. The van der Waals surface area contributed by atoms with Gasteiger partial charge in [-0.1, -0.05) is 12.1 Å². The second kappa shape index (κ2) is 5.44. The minimum absolute atomic E-state index is 0.154. The van der Waals surface area contributed by atoms with Crippen LogP contribution in [0.1, 0.15) is 12.5 Å². The van der Waals surface area contributed by atoms with E-state index in [9.17, 15) is 4.79 Å². The number of hydrogen-bond donors (Lipinski definition) is 2. The van der Waals surface area contributed by atoms with Crippen LogP contribution >= 0.6 is 0 Å². The number of carbonyl (C=O) groups excluding carboxylic acids is 1. The first-order chi connectivity index (χ1) is 9.04. The lowest BCUT2D eigenvalue weighted by molar-refractivity contribution is -0.114. The van der Waals surface area contributed by atoms with Gasteiger partial charge in [-0.3, -0.25) is 4.79 Å². The van der Waals surface area contributed by atoms with Crippen LogP contribution in [0.15, 0.2) is 42.5 Å². The fourth-order valence-corrected chi connectivity index (χ4v) is 1.72. The van der Waals surface area contributed by atoms with Gasteiger partial charge in [0.05, 0.1) is 11.4 Å². The molecule has 1 amide bonds. The van der Waals surface area contributed by atoms with Crippen molar-refractivity contribution in [2.45, 2.75) is 13.8 Å². The standard InChI is InChI=1S/C15H16N2O2/c1-10-4-3-5-12(8-10)19-13-6-7-15(14(16)9-13)17-11(2)18/h3-9H,16H2,1-2H3,(H,17,18). The highest BCUT2D eigenvalue weighted by molar-refractivity contribution is 5.92. The summed E-state index contributed by atoms with van der Waals surface area (Å²) in [6, 6.07) is 12.9. The van der Waals surface area contributed by atoms with Gasteiger partial charge >= 0.3 is 0 Å². The van der Waals surface area contributed by atoms with Crippen LogP contribution in [-0.4, -0.2) is 5.91 Å². The molecule has 0 saturated heterocycles. The molecule has 3 N–H and O–H groups in total. The van der Waals surface area contributed by atoms with Crippen LogP contribution in [0, 0.1) is 6.92 Å². The molecule has 98 valence electrons. The molecule has 4 heteroatoms. The van der Waals surface area contributed by atoms with Crippen molar-refractivity contribution in [2.75, 3.05) is 11.1 Å². The lowest BCUT2D eigenvalue weighted by atomic mass is 10.2. The van der Waals surface area contributed by atoms with Crippen molar-refractivity contribution in [1.82, 2.24) is 0 Å². The fourth-order valence-electron chi connectivity index (χ4n) is 1.72. The number of nitrogens with two attached hydrogens (primary N) is 1. The largest absolute Gasteiger partial charge is 0.457 e. The monoisotopic (exact) mass is 256 g/mol. The molecule has 0 bridgehead atoms. The highest BCUT2D eigenvalue weighted by Gasteiger charge is 2.04. The molecule has 0 saturated carbocycles. The molecule has 2 aromatic rings. The topological polar surface area (TPSA) is 64.3 Å². The number of ether oxygens (including phenoxy) is 1. The summed E-state index contributed by atoms with van der Waals surface area (Å²) in [6.07, 6.45) is 0. The van der Waals surface area contributed by atoms with Crippen LogP contribution in [0.4, 0.5) is 11.4 Å². The average molecular weight is 256 g/mol. The van der Waals surface area contributed by atoms with Crippen molar-refractivity contribution in [2.24, 2.45) is 0 Å².